The Morgan fingerprint density at radius 2 is 1.86 bits per heavy atom. The monoisotopic (exact) mass is 572 g/mol. The molecule has 0 unspecified atom stereocenters. The normalized spacial score (nSPS) is 17.0. The molecule has 0 aliphatic heterocycles. The Balaban J connectivity index is 0.000000686. The van der Waals surface area contributed by atoms with E-state index < -0.39 is 20.2 Å². The summed E-state index contributed by atoms with van der Waals surface area (Å²) in [7, 11) is -6.50. The van der Waals surface area contributed by atoms with Gasteiger partial charge in [-0.25, -0.2) is 31.8 Å². The number of rotatable bonds is 6. The van der Waals surface area contributed by atoms with E-state index in [1.165, 1.54) is 24.7 Å². The maximum Gasteiger partial charge on any atom is 1.00 e. The molecule has 0 spiro atoms. The van der Waals surface area contributed by atoms with Crippen molar-refractivity contribution in [1.82, 2.24) is 19.9 Å². The van der Waals surface area contributed by atoms with Crippen LogP contribution in [0.2, 0.25) is 0 Å². The van der Waals surface area contributed by atoms with Crippen LogP contribution in [0.25, 0.3) is 11.0 Å². The Morgan fingerprint density at radius 1 is 1.20 bits per heavy atom. The summed E-state index contributed by atoms with van der Waals surface area (Å²) in [5.41, 5.74) is 1.09. The van der Waals surface area contributed by atoms with Gasteiger partial charge in [0.25, 0.3) is 0 Å². The van der Waals surface area contributed by atoms with Crippen LogP contribution in [0, 0.1) is 17.2 Å². The zero-order chi connectivity index (χ0) is 24.2. The average Bonchev–Trinajstić information content (AvgIpc) is 3.24. The average molecular weight is 573 g/mol. The molecule has 1 saturated carbocycles. The topological polar surface area (TPSA) is 205 Å². The van der Waals surface area contributed by atoms with Gasteiger partial charge in [0.05, 0.1) is 22.8 Å². The summed E-state index contributed by atoms with van der Waals surface area (Å²) < 4.78 is 54.0. The summed E-state index contributed by atoms with van der Waals surface area (Å²) in [4.78, 5) is 17.7. The van der Waals surface area contributed by atoms with E-state index in [1.54, 1.807) is 0 Å². The number of fused-ring (bicyclic) bond motifs is 1. The van der Waals surface area contributed by atoms with Crippen LogP contribution in [0.15, 0.2) is 41.9 Å². The Bertz CT molecular complexity index is 1390. The minimum Gasteiger partial charge on any atom is -0.726 e. The third-order valence-corrected chi connectivity index (χ3v) is 7.08. The summed E-state index contributed by atoms with van der Waals surface area (Å²) in [5.74, 6) is 0.956. The van der Waals surface area contributed by atoms with E-state index in [1.807, 2.05) is 25.4 Å². The van der Waals surface area contributed by atoms with Crippen LogP contribution in [0.4, 0.5) is 5.82 Å². The predicted molar refractivity (Wildman–Crippen MR) is 111 cm³/mol. The van der Waals surface area contributed by atoms with E-state index in [9.17, 15) is 8.42 Å². The van der Waals surface area contributed by atoms with E-state index in [2.05, 4.69) is 29.2 Å². The molecule has 3 aromatic heterocycles. The molecule has 0 atom stereocenters. The van der Waals surface area contributed by atoms with Crippen molar-refractivity contribution in [3.05, 3.63) is 42.5 Å². The molecule has 1 aliphatic carbocycles. The number of aromatic nitrogens is 4. The fourth-order valence-electron chi connectivity index (χ4n) is 3.51. The molecule has 13 nitrogen and oxygen atoms in total. The summed E-state index contributed by atoms with van der Waals surface area (Å²) in [5, 5.41) is 18.4. The molecular formula is C18H18K2N6O7S2. The Hall–Kier alpha value is 0.113. The number of sulfone groups is 1. The molecule has 1 aliphatic rings. The van der Waals surface area contributed by atoms with Crippen LogP contribution in [-0.2, 0) is 24.6 Å². The van der Waals surface area contributed by atoms with Crippen molar-refractivity contribution in [3.63, 3.8) is 0 Å². The SMILES string of the molecule is CN(c1ncnc2[nH]ccc12)C1CC(CS(=O)(=O)c2cc(C#N)ccn2)C1.O=S(=O)([O-])O[O-].[K+].[K+]. The molecule has 17 heteroatoms. The molecular weight excluding hydrogens is 555 g/mol. The molecule has 3 heterocycles. The Kier molecular flexibility index (Phi) is 13.6. The summed E-state index contributed by atoms with van der Waals surface area (Å²) >= 11 is 0. The van der Waals surface area contributed by atoms with Crippen LogP contribution >= 0.6 is 0 Å². The van der Waals surface area contributed by atoms with Crippen LogP contribution in [0.3, 0.4) is 0 Å². The van der Waals surface area contributed by atoms with Gasteiger partial charge in [0.2, 0.25) is 10.4 Å². The molecule has 1 fully saturated rings. The number of hydrogen-bond donors (Lipinski definition) is 1. The zero-order valence-electron chi connectivity index (χ0n) is 19.2. The minimum atomic E-state index is -4.97. The van der Waals surface area contributed by atoms with Crippen molar-refractivity contribution < 1.29 is 134 Å². The van der Waals surface area contributed by atoms with Gasteiger partial charge in [0.15, 0.2) is 14.9 Å². The number of hydrogen-bond acceptors (Lipinski definition) is 12. The molecule has 35 heavy (non-hydrogen) atoms. The van der Waals surface area contributed by atoms with Crippen molar-refractivity contribution in [2.24, 2.45) is 5.92 Å². The van der Waals surface area contributed by atoms with Gasteiger partial charge in [-0.15, -0.1) is 0 Å². The molecule has 0 saturated heterocycles. The van der Waals surface area contributed by atoms with Gasteiger partial charge in [-0.1, -0.05) is 0 Å². The molecule has 176 valence electrons. The number of anilines is 1. The molecule has 0 amide bonds. The molecule has 3 aromatic rings. The zero-order valence-corrected chi connectivity index (χ0v) is 27.0. The van der Waals surface area contributed by atoms with Gasteiger partial charge in [0.1, 0.15) is 17.8 Å². The first-order valence-electron chi connectivity index (χ1n) is 9.41. The molecule has 1 N–H and O–H groups in total. The van der Waals surface area contributed by atoms with E-state index in [4.69, 9.17) is 23.5 Å². The summed E-state index contributed by atoms with van der Waals surface area (Å²) in [6.45, 7) is 0. The molecule has 4 rings (SSSR count). The first-order valence-corrected chi connectivity index (χ1v) is 12.4. The van der Waals surface area contributed by atoms with Gasteiger partial charge in [0, 0.05) is 25.5 Å². The van der Waals surface area contributed by atoms with Gasteiger partial charge in [-0.3, -0.25) is 0 Å². The fourth-order valence-corrected chi connectivity index (χ4v) is 5.10. The second kappa shape index (κ2) is 14.3. The van der Waals surface area contributed by atoms with E-state index in [-0.39, 0.29) is 126 Å². The summed E-state index contributed by atoms with van der Waals surface area (Å²) in [6, 6.07) is 6.95. The van der Waals surface area contributed by atoms with E-state index in [0.29, 0.717) is 5.56 Å². The van der Waals surface area contributed by atoms with Crippen molar-refractivity contribution >= 4 is 37.1 Å². The third-order valence-electron chi connectivity index (χ3n) is 5.15. The van der Waals surface area contributed by atoms with Crippen molar-refractivity contribution in [1.29, 1.82) is 5.26 Å². The van der Waals surface area contributed by atoms with E-state index >= 15 is 0 Å². The largest absolute Gasteiger partial charge is 1.00 e. The van der Waals surface area contributed by atoms with Gasteiger partial charge in [-0.2, -0.15) is 5.26 Å². The minimum absolute atomic E-state index is 0. The molecule has 0 bridgehead atoms. The number of nitrogens with one attached hydrogen (secondary N) is 1. The van der Waals surface area contributed by atoms with E-state index in [0.717, 1.165) is 29.7 Å². The fraction of sp³-hybridized carbons (Fsp3) is 0.333. The predicted octanol–water partition coefficient (Wildman–Crippen LogP) is -6.34. The van der Waals surface area contributed by atoms with Crippen molar-refractivity contribution in [2.75, 3.05) is 17.7 Å². The second-order valence-electron chi connectivity index (χ2n) is 7.29. The van der Waals surface area contributed by atoms with Crippen LogP contribution in [0.5, 0.6) is 0 Å². The Morgan fingerprint density at radius 3 is 2.46 bits per heavy atom. The van der Waals surface area contributed by atoms with Crippen molar-refractivity contribution in [2.45, 2.75) is 23.9 Å². The first kappa shape index (κ1) is 33.1. The number of nitrogens with zero attached hydrogens (tertiary/aromatic N) is 5. The smallest absolute Gasteiger partial charge is 0.726 e. The van der Waals surface area contributed by atoms with Crippen LogP contribution in [0.1, 0.15) is 18.4 Å². The number of nitriles is 1. The number of H-pyrrole nitrogens is 1. The molecule has 0 radical (unpaired) electrons. The van der Waals surface area contributed by atoms with Gasteiger partial charge in [-0.05, 0) is 37.0 Å². The second-order valence-corrected chi connectivity index (χ2v) is 10.2. The number of pyridine rings is 1. The maximum absolute atomic E-state index is 12.6. The van der Waals surface area contributed by atoms with Crippen molar-refractivity contribution in [3.8, 4) is 6.07 Å². The summed E-state index contributed by atoms with van der Waals surface area (Å²) in [6.07, 6.45) is 6.25. The van der Waals surface area contributed by atoms with Crippen LogP contribution in [-0.4, -0.2) is 60.2 Å². The standard InChI is InChI=1S/C18H18N6O2S.2K.H2O5S/c1-24(18-15-3-5-21-17(15)22-11-23-18)14-6-13(7-14)10-27(25,26)16-8-12(9-19)2-4-20-16;;;1-5-6(2,3)4/h2-5,8,11,13-14H,6-7,10H2,1H3,(H,21,22,23);;;1H,(H,2,3,4)/q;2*+1;/p-2. The van der Waals surface area contributed by atoms with Crippen LogP contribution < -0.4 is 113 Å². The van der Waals surface area contributed by atoms with Gasteiger partial charge < -0.3 is 24.0 Å². The first-order chi connectivity index (χ1) is 15.5. The Labute approximate surface area is 287 Å². The maximum atomic E-state index is 12.6. The third kappa shape index (κ3) is 9.12. The number of aromatic amines is 1. The molecule has 0 aromatic carbocycles. The van der Waals surface area contributed by atoms with Gasteiger partial charge >= 0.3 is 103 Å². The quantitative estimate of drug-likeness (QED) is 0.0962.